The lowest BCUT2D eigenvalue weighted by Gasteiger charge is -2.56. The van der Waals surface area contributed by atoms with Crippen molar-refractivity contribution in [2.45, 2.75) is 54.1 Å². The highest BCUT2D eigenvalue weighted by Gasteiger charge is 2.51. The number of benzene rings is 3. The molecule has 3 aromatic rings. The summed E-state index contributed by atoms with van der Waals surface area (Å²) in [6.45, 7) is 0. The molecule has 0 aliphatic heterocycles. The van der Waals surface area contributed by atoms with Crippen LogP contribution in [0.5, 0.6) is 0 Å². The highest BCUT2D eigenvalue weighted by atomic mass is 32.2. The molecule has 0 saturated heterocycles. The van der Waals surface area contributed by atoms with Crippen LogP contribution in [0.2, 0.25) is 0 Å². The average molecular weight is 499 g/mol. The third-order valence-electron chi connectivity index (χ3n) is 8.72. The summed E-state index contributed by atoms with van der Waals surface area (Å²) in [7, 11) is 3.11. The largest absolute Gasteiger partial charge is 0.358 e. The van der Waals surface area contributed by atoms with Gasteiger partial charge in [-0.1, -0.05) is 36.4 Å². The molecule has 3 aromatic carbocycles. The monoisotopic (exact) mass is 498 g/mol. The highest BCUT2D eigenvalue weighted by molar-refractivity contribution is 8.00. The van der Waals surface area contributed by atoms with Crippen molar-refractivity contribution in [3.8, 4) is 11.1 Å². The van der Waals surface area contributed by atoms with Crippen molar-refractivity contribution < 1.29 is 9.59 Å². The molecular formula is C31H34N2O2S. The van der Waals surface area contributed by atoms with Crippen LogP contribution in [0, 0.1) is 17.8 Å². The zero-order valence-corrected chi connectivity index (χ0v) is 21.9. The first-order valence-corrected chi connectivity index (χ1v) is 14.0. The molecule has 186 valence electrons. The van der Waals surface area contributed by atoms with Crippen molar-refractivity contribution in [3.05, 3.63) is 66.2 Å². The molecule has 4 nitrogen and oxygen atoms in total. The third-order valence-corrected chi connectivity index (χ3v) is 10.2. The second kappa shape index (κ2) is 9.26. The molecule has 0 aromatic heterocycles. The van der Waals surface area contributed by atoms with Crippen LogP contribution in [0.3, 0.4) is 0 Å². The molecule has 0 heterocycles. The molecule has 4 aliphatic carbocycles. The second-order valence-electron chi connectivity index (χ2n) is 11.2. The van der Waals surface area contributed by atoms with E-state index >= 15 is 0 Å². The SMILES string of the molecule is CNC(=O)C(C(=O)NC)c1ccc2cc(-c3ccc(SC45CC6CC(CC(C6)C4)C5)cc3)ccc2c1. The number of carbonyl (C=O) groups excluding carboxylic acids is 2. The third kappa shape index (κ3) is 4.32. The molecule has 4 fully saturated rings. The van der Waals surface area contributed by atoms with Crippen LogP contribution in [-0.4, -0.2) is 30.7 Å². The highest BCUT2D eigenvalue weighted by Crippen LogP contribution is 2.61. The number of rotatable bonds is 6. The molecule has 4 aliphatic rings. The molecular weight excluding hydrogens is 464 g/mol. The van der Waals surface area contributed by atoms with Gasteiger partial charge in [-0.25, -0.2) is 0 Å². The zero-order chi connectivity index (χ0) is 24.9. The topological polar surface area (TPSA) is 58.2 Å². The Balaban J connectivity index is 1.21. The minimum atomic E-state index is -0.858. The number of nitrogens with one attached hydrogen (secondary N) is 2. The molecule has 4 saturated carbocycles. The first-order chi connectivity index (χ1) is 17.4. The number of hydrogen-bond acceptors (Lipinski definition) is 3. The lowest BCUT2D eigenvalue weighted by atomic mass is 9.56. The minimum absolute atomic E-state index is 0.308. The van der Waals surface area contributed by atoms with Crippen molar-refractivity contribution in [2.75, 3.05) is 14.1 Å². The van der Waals surface area contributed by atoms with Crippen molar-refractivity contribution in [1.82, 2.24) is 10.6 Å². The van der Waals surface area contributed by atoms with Crippen LogP contribution in [0.1, 0.15) is 50.0 Å². The summed E-state index contributed by atoms with van der Waals surface area (Å²) >= 11 is 2.15. The molecule has 4 bridgehead atoms. The Morgan fingerprint density at radius 3 is 1.86 bits per heavy atom. The van der Waals surface area contributed by atoms with Crippen molar-refractivity contribution >= 4 is 34.3 Å². The van der Waals surface area contributed by atoms with Gasteiger partial charge < -0.3 is 10.6 Å². The molecule has 0 radical (unpaired) electrons. The molecule has 5 heteroatoms. The Kier molecular flexibility index (Phi) is 6.07. The smallest absolute Gasteiger partial charge is 0.236 e. The van der Waals surface area contributed by atoms with E-state index in [1.165, 1.54) is 54.5 Å². The Hall–Kier alpha value is -2.79. The maximum Gasteiger partial charge on any atom is 0.236 e. The Bertz CT molecular complexity index is 1260. The van der Waals surface area contributed by atoms with E-state index in [0.29, 0.717) is 10.3 Å². The number of thioether (sulfide) groups is 1. The van der Waals surface area contributed by atoms with Crippen molar-refractivity contribution in [2.24, 2.45) is 17.8 Å². The number of amides is 2. The van der Waals surface area contributed by atoms with Gasteiger partial charge in [-0.05, 0) is 108 Å². The fourth-order valence-corrected chi connectivity index (χ4v) is 9.18. The molecule has 7 rings (SSSR count). The van der Waals surface area contributed by atoms with E-state index in [-0.39, 0.29) is 11.8 Å². The van der Waals surface area contributed by atoms with Gasteiger partial charge in [0, 0.05) is 23.7 Å². The van der Waals surface area contributed by atoms with Gasteiger partial charge in [0.05, 0.1) is 0 Å². The molecule has 36 heavy (non-hydrogen) atoms. The average Bonchev–Trinajstić information content (AvgIpc) is 2.87. The minimum Gasteiger partial charge on any atom is -0.358 e. The zero-order valence-electron chi connectivity index (χ0n) is 21.1. The number of fused-ring (bicyclic) bond motifs is 1. The van der Waals surface area contributed by atoms with Crippen LogP contribution in [0.25, 0.3) is 21.9 Å². The summed E-state index contributed by atoms with van der Waals surface area (Å²) in [4.78, 5) is 26.1. The van der Waals surface area contributed by atoms with Gasteiger partial charge in [-0.15, -0.1) is 11.8 Å². The van der Waals surface area contributed by atoms with Crippen LogP contribution < -0.4 is 10.6 Å². The predicted octanol–water partition coefficient (Wildman–Crippen LogP) is 6.14. The number of likely N-dealkylation sites (N-methyl/N-ethyl adjacent to an activating group) is 2. The normalized spacial score (nSPS) is 26.4. The lowest BCUT2D eigenvalue weighted by molar-refractivity contribution is -0.131. The fraction of sp³-hybridized carbons (Fsp3) is 0.419. The van der Waals surface area contributed by atoms with Gasteiger partial charge in [0.25, 0.3) is 0 Å². The molecule has 0 atom stereocenters. The van der Waals surface area contributed by atoms with E-state index in [2.05, 4.69) is 64.9 Å². The van der Waals surface area contributed by atoms with E-state index in [0.717, 1.165) is 28.5 Å². The predicted molar refractivity (Wildman–Crippen MR) is 147 cm³/mol. The first kappa shape index (κ1) is 23.6. The van der Waals surface area contributed by atoms with E-state index in [4.69, 9.17) is 0 Å². The summed E-state index contributed by atoms with van der Waals surface area (Å²) in [6.07, 6.45) is 8.71. The first-order valence-electron chi connectivity index (χ1n) is 13.2. The summed E-state index contributed by atoms with van der Waals surface area (Å²) < 4.78 is 0.484. The van der Waals surface area contributed by atoms with Gasteiger partial charge >= 0.3 is 0 Å². The molecule has 0 unspecified atom stereocenters. The fourth-order valence-electron chi connectivity index (χ4n) is 7.46. The summed E-state index contributed by atoms with van der Waals surface area (Å²) in [5.74, 6) is 1.45. The van der Waals surface area contributed by atoms with E-state index in [1.807, 2.05) is 18.2 Å². The van der Waals surface area contributed by atoms with Crippen LogP contribution >= 0.6 is 11.8 Å². The molecule has 2 amide bonds. The Morgan fingerprint density at radius 2 is 1.28 bits per heavy atom. The van der Waals surface area contributed by atoms with Gasteiger partial charge in [0.15, 0.2) is 0 Å². The maximum absolute atomic E-state index is 12.3. The lowest BCUT2D eigenvalue weighted by Crippen LogP contribution is -2.48. The van der Waals surface area contributed by atoms with Crippen molar-refractivity contribution in [1.29, 1.82) is 0 Å². The summed E-state index contributed by atoms with van der Waals surface area (Å²) in [5, 5.41) is 7.31. The van der Waals surface area contributed by atoms with E-state index in [1.54, 1.807) is 14.1 Å². The molecule has 0 spiro atoms. The van der Waals surface area contributed by atoms with Gasteiger partial charge in [-0.3, -0.25) is 9.59 Å². The van der Waals surface area contributed by atoms with Crippen molar-refractivity contribution in [3.63, 3.8) is 0 Å². The Labute approximate surface area is 217 Å². The quantitative estimate of drug-likeness (QED) is 0.401. The summed E-state index contributed by atoms with van der Waals surface area (Å²) in [5.41, 5.74) is 3.08. The Morgan fingerprint density at radius 1 is 0.750 bits per heavy atom. The van der Waals surface area contributed by atoms with Crippen LogP contribution in [0.4, 0.5) is 0 Å². The number of hydrogen-bond donors (Lipinski definition) is 2. The second-order valence-corrected chi connectivity index (χ2v) is 12.8. The standard InChI is InChI=1S/C31H34N2O2S/c1-32-29(34)28(30(35)33-2)26-6-5-24-14-23(3-4-25(24)15-26)22-7-9-27(10-8-22)36-31-16-19-11-20(17-31)13-21(12-19)18-31/h3-10,14-15,19-21,28H,11-13,16-18H2,1-2H3,(H,32,34)(H,33,35). The maximum atomic E-state index is 12.3. The molecule has 2 N–H and O–H groups in total. The van der Waals surface area contributed by atoms with E-state index < -0.39 is 5.92 Å². The summed E-state index contributed by atoms with van der Waals surface area (Å²) in [6, 6.07) is 21.4. The van der Waals surface area contributed by atoms with Crippen LogP contribution in [0.15, 0.2) is 65.6 Å². The van der Waals surface area contributed by atoms with Gasteiger partial charge in [0.2, 0.25) is 11.8 Å². The van der Waals surface area contributed by atoms with E-state index in [9.17, 15) is 9.59 Å². The van der Waals surface area contributed by atoms with Crippen LogP contribution in [-0.2, 0) is 9.59 Å². The van der Waals surface area contributed by atoms with Gasteiger partial charge in [-0.2, -0.15) is 0 Å². The number of carbonyl (C=O) groups is 2. The van der Waals surface area contributed by atoms with Gasteiger partial charge in [0.1, 0.15) is 5.92 Å².